The summed E-state index contributed by atoms with van der Waals surface area (Å²) < 4.78 is 15.9. The molecule has 0 aliphatic carbocycles. The Hall–Kier alpha value is -0.693. The summed E-state index contributed by atoms with van der Waals surface area (Å²) in [7, 11) is 4.01. The molecule has 0 aliphatic rings. The minimum Gasteiger partial charge on any atom is -0.377 e. The van der Waals surface area contributed by atoms with Crippen molar-refractivity contribution in [2.45, 2.75) is 19.4 Å². The zero-order valence-electron chi connectivity index (χ0n) is 11.4. The van der Waals surface area contributed by atoms with E-state index in [9.17, 15) is 4.79 Å². The molecular formula is C11H23NO4Si. The first-order chi connectivity index (χ1) is 7.92. The molecule has 0 heterocycles. The van der Waals surface area contributed by atoms with E-state index in [0.717, 1.165) is 6.42 Å². The van der Waals surface area contributed by atoms with E-state index in [-0.39, 0.29) is 5.91 Å². The fraction of sp³-hybridized carbons (Fsp3) is 0.727. The summed E-state index contributed by atoms with van der Waals surface area (Å²) in [6, 6.07) is 0.685. The molecule has 0 spiro atoms. The van der Waals surface area contributed by atoms with Gasteiger partial charge in [-0.25, -0.2) is 0 Å². The molecule has 0 atom stereocenters. The third-order valence-electron chi connectivity index (χ3n) is 2.62. The van der Waals surface area contributed by atoms with Crippen LogP contribution in [0, 0.1) is 0 Å². The lowest BCUT2D eigenvalue weighted by Crippen LogP contribution is -2.43. The molecule has 0 fully saturated rings. The predicted molar refractivity (Wildman–Crippen MR) is 68.7 cm³/mol. The van der Waals surface area contributed by atoms with E-state index in [1.165, 1.54) is 0 Å². The number of carbonyl (C=O) groups excluding carboxylic acids is 1. The van der Waals surface area contributed by atoms with E-state index in [2.05, 4.69) is 6.58 Å². The monoisotopic (exact) mass is 261 g/mol. The molecule has 0 radical (unpaired) electrons. The molecule has 100 valence electrons. The molecule has 0 N–H and O–H groups in total. The van der Waals surface area contributed by atoms with E-state index >= 15 is 0 Å². The van der Waals surface area contributed by atoms with E-state index < -0.39 is 8.80 Å². The summed E-state index contributed by atoms with van der Waals surface area (Å²) in [5.74, 6) is -0.0375. The Morgan fingerprint density at radius 1 is 1.24 bits per heavy atom. The average molecular weight is 261 g/mol. The second-order valence-electron chi connectivity index (χ2n) is 3.91. The fourth-order valence-corrected chi connectivity index (χ4v) is 3.22. The zero-order chi connectivity index (χ0) is 13.5. The van der Waals surface area contributed by atoms with Crippen LogP contribution in [0.4, 0.5) is 0 Å². The van der Waals surface area contributed by atoms with Crippen LogP contribution in [0.25, 0.3) is 0 Å². The molecule has 0 aromatic heterocycles. The van der Waals surface area contributed by atoms with Gasteiger partial charge in [-0.2, -0.15) is 0 Å². The van der Waals surface area contributed by atoms with Crippen molar-refractivity contribution in [2.24, 2.45) is 0 Å². The molecule has 0 aliphatic heterocycles. The van der Waals surface area contributed by atoms with Gasteiger partial charge in [0.2, 0.25) is 5.91 Å². The molecule has 0 aromatic carbocycles. The summed E-state index contributed by atoms with van der Waals surface area (Å²) >= 11 is 0. The van der Waals surface area contributed by atoms with Gasteiger partial charge in [0.1, 0.15) is 0 Å². The van der Waals surface area contributed by atoms with Crippen LogP contribution >= 0.6 is 0 Å². The van der Waals surface area contributed by atoms with Crippen molar-refractivity contribution in [3.05, 3.63) is 12.2 Å². The normalized spacial score (nSPS) is 11.4. The number of nitrogens with zero attached hydrogens (tertiary/aromatic N) is 1. The summed E-state index contributed by atoms with van der Waals surface area (Å²) in [6.07, 6.45) is 0.775. The van der Waals surface area contributed by atoms with Gasteiger partial charge in [-0.3, -0.25) is 4.79 Å². The Labute approximate surface area is 105 Å². The molecule has 5 nitrogen and oxygen atoms in total. The van der Waals surface area contributed by atoms with Gasteiger partial charge in [0.15, 0.2) is 0 Å². The van der Waals surface area contributed by atoms with Gasteiger partial charge >= 0.3 is 8.80 Å². The third kappa shape index (κ3) is 4.99. The van der Waals surface area contributed by atoms with Crippen LogP contribution < -0.4 is 0 Å². The number of amides is 1. The van der Waals surface area contributed by atoms with Gasteiger partial charge in [-0.1, -0.05) is 6.58 Å². The highest BCUT2D eigenvalue weighted by atomic mass is 28.4. The predicted octanol–water partition coefficient (Wildman–Crippen LogP) is 1.29. The highest BCUT2D eigenvalue weighted by Crippen LogP contribution is 2.15. The lowest BCUT2D eigenvalue weighted by atomic mass is 10.3. The number of carbonyl (C=O) groups is 1. The molecule has 0 saturated carbocycles. The van der Waals surface area contributed by atoms with Gasteiger partial charge in [0, 0.05) is 46.5 Å². The molecule has 0 rings (SSSR count). The van der Waals surface area contributed by atoms with Crippen LogP contribution in [-0.2, 0) is 18.1 Å². The van der Waals surface area contributed by atoms with Crippen LogP contribution in [-0.4, -0.2) is 54.5 Å². The summed E-state index contributed by atoms with van der Waals surface area (Å²) in [5.41, 5.74) is 0.543. The second kappa shape index (κ2) is 7.60. The Kier molecular flexibility index (Phi) is 7.29. The molecular weight excluding hydrogens is 238 g/mol. The number of likely N-dealkylation sites (N-methyl/N-ethyl adjacent to an activating group) is 1. The second-order valence-corrected chi connectivity index (χ2v) is 7.00. The van der Waals surface area contributed by atoms with Crippen molar-refractivity contribution in [1.29, 1.82) is 0 Å². The van der Waals surface area contributed by atoms with Crippen LogP contribution in [0.2, 0.25) is 6.04 Å². The quantitative estimate of drug-likeness (QED) is 0.488. The first-order valence-electron chi connectivity index (χ1n) is 5.49. The van der Waals surface area contributed by atoms with Crippen molar-refractivity contribution in [2.75, 3.05) is 34.9 Å². The van der Waals surface area contributed by atoms with Crippen molar-refractivity contribution in [3.8, 4) is 0 Å². The van der Waals surface area contributed by atoms with Crippen LogP contribution in [0.3, 0.4) is 0 Å². The van der Waals surface area contributed by atoms with E-state index in [1.54, 1.807) is 40.2 Å². The smallest absolute Gasteiger partial charge is 0.377 e. The standard InChI is InChI=1S/C11H23NO4Si/c1-10(2)11(13)12(3)8-7-9-17(14-4,15-5)16-6/h1,7-9H2,2-6H3. The molecule has 1 amide bonds. The Morgan fingerprint density at radius 3 is 2.06 bits per heavy atom. The summed E-state index contributed by atoms with van der Waals surface area (Å²) in [4.78, 5) is 13.2. The maximum absolute atomic E-state index is 11.6. The first-order valence-corrected chi connectivity index (χ1v) is 7.42. The average Bonchev–Trinajstić information content (AvgIpc) is 2.34. The van der Waals surface area contributed by atoms with Gasteiger partial charge in [0.25, 0.3) is 0 Å². The highest BCUT2D eigenvalue weighted by molar-refractivity contribution is 6.60. The topological polar surface area (TPSA) is 48.0 Å². The lowest BCUT2D eigenvalue weighted by Gasteiger charge is -2.25. The maximum atomic E-state index is 11.6. The van der Waals surface area contributed by atoms with Crippen LogP contribution in [0.5, 0.6) is 0 Å². The lowest BCUT2D eigenvalue weighted by molar-refractivity contribution is -0.125. The summed E-state index contributed by atoms with van der Waals surface area (Å²) in [5, 5.41) is 0. The zero-order valence-corrected chi connectivity index (χ0v) is 12.4. The van der Waals surface area contributed by atoms with Gasteiger partial charge in [-0.15, -0.1) is 0 Å². The van der Waals surface area contributed by atoms with Crippen molar-refractivity contribution >= 4 is 14.7 Å². The molecule has 17 heavy (non-hydrogen) atoms. The molecule has 0 unspecified atom stereocenters. The third-order valence-corrected chi connectivity index (χ3v) is 5.45. The Bertz CT molecular complexity index is 258. The molecule has 0 aromatic rings. The van der Waals surface area contributed by atoms with E-state index in [0.29, 0.717) is 18.2 Å². The van der Waals surface area contributed by atoms with Crippen LogP contribution in [0.15, 0.2) is 12.2 Å². The van der Waals surface area contributed by atoms with E-state index in [1.807, 2.05) is 0 Å². The Balaban J connectivity index is 4.13. The minimum absolute atomic E-state index is 0.0375. The largest absolute Gasteiger partial charge is 0.500 e. The van der Waals surface area contributed by atoms with Gasteiger partial charge < -0.3 is 18.2 Å². The molecule has 0 saturated heterocycles. The molecule has 0 bridgehead atoms. The highest BCUT2D eigenvalue weighted by Gasteiger charge is 2.37. The minimum atomic E-state index is -2.51. The van der Waals surface area contributed by atoms with Crippen molar-refractivity contribution in [1.82, 2.24) is 4.90 Å². The first kappa shape index (κ1) is 16.3. The van der Waals surface area contributed by atoms with Crippen molar-refractivity contribution < 1.29 is 18.1 Å². The summed E-state index contributed by atoms with van der Waals surface area (Å²) in [6.45, 7) is 5.97. The van der Waals surface area contributed by atoms with Gasteiger partial charge in [-0.05, 0) is 13.3 Å². The number of rotatable bonds is 8. The van der Waals surface area contributed by atoms with Crippen LogP contribution in [0.1, 0.15) is 13.3 Å². The number of hydrogen-bond donors (Lipinski definition) is 0. The number of hydrogen-bond acceptors (Lipinski definition) is 4. The Morgan fingerprint density at radius 2 is 1.71 bits per heavy atom. The van der Waals surface area contributed by atoms with Gasteiger partial charge in [0.05, 0.1) is 0 Å². The maximum Gasteiger partial charge on any atom is 0.500 e. The molecule has 6 heteroatoms. The van der Waals surface area contributed by atoms with E-state index in [4.69, 9.17) is 13.3 Å². The SMILES string of the molecule is C=C(C)C(=O)N(C)CCC[Si](OC)(OC)OC. The van der Waals surface area contributed by atoms with Crippen molar-refractivity contribution in [3.63, 3.8) is 0 Å². The fourth-order valence-electron chi connectivity index (χ4n) is 1.52.